The molecule has 0 bridgehead atoms. The summed E-state index contributed by atoms with van der Waals surface area (Å²) in [5.74, 6) is -0.813. The molecule has 1 aliphatic rings. The van der Waals surface area contributed by atoms with E-state index in [4.69, 9.17) is 4.74 Å². The first-order chi connectivity index (χ1) is 12.3. The first-order valence-corrected chi connectivity index (χ1v) is 8.35. The molecule has 2 aromatic carbocycles. The van der Waals surface area contributed by atoms with Gasteiger partial charge in [0.1, 0.15) is 5.75 Å². The van der Waals surface area contributed by atoms with Crippen molar-refractivity contribution in [1.29, 1.82) is 0 Å². The number of ether oxygens (including phenoxy) is 1. The van der Waals surface area contributed by atoms with Gasteiger partial charge in [-0.1, -0.05) is 32.0 Å². The fourth-order valence-corrected chi connectivity index (χ4v) is 3.27. The van der Waals surface area contributed by atoms with E-state index in [1.807, 2.05) is 30.1 Å². The Labute approximate surface area is 152 Å². The van der Waals surface area contributed by atoms with Gasteiger partial charge in [-0.05, 0) is 35.9 Å². The van der Waals surface area contributed by atoms with Gasteiger partial charge in [0.15, 0.2) is 12.4 Å². The van der Waals surface area contributed by atoms with E-state index in [-0.39, 0.29) is 29.1 Å². The molecule has 3 rings (SSSR count). The number of rotatable bonds is 4. The number of hydrogen-bond acceptors (Lipinski definition) is 5. The second-order valence-electron chi connectivity index (χ2n) is 6.82. The Hall–Kier alpha value is -3.08. The third-order valence-corrected chi connectivity index (χ3v) is 4.69. The summed E-state index contributed by atoms with van der Waals surface area (Å²) >= 11 is 0. The molecule has 0 aromatic heterocycles. The van der Waals surface area contributed by atoms with Crippen molar-refractivity contribution in [3.63, 3.8) is 0 Å². The van der Waals surface area contributed by atoms with Gasteiger partial charge < -0.3 is 14.7 Å². The zero-order valence-electron chi connectivity index (χ0n) is 15.0. The maximum atomic E-state index is 12.4. The van der Waals surface area contributed by atoms with Crippen molar-refractivity contribution in [2.75, 3.05) is 18.6 Å². The zero-order chi connectivity index (χ0) is 18.9. The normalized spacial score (nSPS) is 16.4. The molecule has 0 spiro atoms. The predicted molar refractivity (Wildman–Crippen MR) is 99.4 cm³/mol. The lowest BCUT2D eigenvalue weighted by molar-refractivity contribution is -0.117. The topological polar surface area (TPSA) is 66.8 Å². The molecule has 0 fully saturated rings. The van der Waals surface area contributed by atoms with E-state index in [9.17, 15) is 14.7 Å². The molecule has 0 aliphatic carbocycles. The number of likely N-dealkylation sites (N-methyl/N-ethyl adjacent to an activating group) is 1. The van der Waals surface area contributed by atoms with Gasteiger partial charge in [-0.2, -0.15) is 0 Å². The molecule has 2 aromatic rings. The smallest absolute Gasteiger partial charge is 0.338 e. The summed E-state index contributed by atoms with van der Waals surface area (Å²) in [7, 11) is 1.93. The first kappa shape index (κ1) is 17.7. The van der Waals surface area contributed by atoms with E-state index in [2.05, 4.69) is 19.9 Å². The van der Waals surface area contributed by atoms with Crippen molar-refractivity contribution < 1.29 is 19.4 Å². The third kappa shape index (κ3) is 3.20. The second-order valence-corrected chi connectivity index (χ2v) is 6.82. The van der Waals surface area contributed by atoms with Gasteiger partial charge >= 0.3 is 5.97 Å². The number of carbonyl (C=O) groups is 2. The summed E-state index contributed by atoms with van der Waals surface area (Å²) in [5, 5.41) is 9.25. The molecule has 1 aliphatic heterocycles. The summed E-state index contributed by atoms with van der Waals surface area (Å²) in [6.07, 6.45) is 1.55. The van der Waals surface area contributed by atoms with Gasteiger partial charge in [0.25, 0.3) is 0 Å². The Kier molecular flexibility index (Phi) is 4.55. The average Bonchev–Trinajstić information content (AvgIpc) is 2.81. The standard InChI is InChI=1S/C21H21NO4/c1-21(2)17-6-4-5-7-18(17)22(3)19(21)12-16(24)13-26-20(25)14-8-10-15(23)11-9-14/h4-12,23H,13H2,1-3H3. The van der Waals surface area contributed by atoms with Crippen molar-refractivity contribution in [1.82, 2.24) is 0 Å². The summed E-state index contributed by atoms with van der Waals surface area (Å²) in [6, 6.07) is 13.7. The van der Waals surface area contributed by atoms with Crippen molar-refractivity contribution in [2.45, 2.75) is 19.3 Å². The van der Waals surface area contributed by atoms with E-state index in [0.29, 0.717) is 0 Å². The Morgan fingerprint density at radius 1 is 1.12 bits per heavy atom. The molecule has 5 heteroatoms. The van der Waals surface area contributed by atoms with Crippen LogP contribution < -0.4 is 4.90 Å². The predicted octanol–water partition coefficient (Wildman–Crippen LogP) is 3.43. The van der Waals surface area contributed by atoms with Gasteiger partial charge in [-0.3, -0.25) is 4.79 Å². The van der Waals surface area contributed by atoms with Crippen LogP contribution >= 0.6 is 0 Å². The van der Waals surface area contributed by atoms with Gasteiger partial charge in [0.2, 0.25) is 0 Å². The van der Waals surface area contributed by atoms with Crippen molar-refractivity contribution in [2.24, 2.45) is 0 Å². The van der Waals surface area contributed by atoms with Crippen LogP contribution in [0, 0.1) is 0 Å². The summed E-state index contributed by atoms with van der Waals surface area (Å²) in [6.45, 7) is 3.80. The molecular weight excluding hydrogens is 330 g/mol. The lowest BCUT2D eigenvalue weighted by Crippen LogP contribution is -2.25. The zero-order valence-corrected chi connectivity index (χ0v) is 15.0. The van der Waals surface area contributed by atoms with Crippen LogP contribution in [0.15, 0.2) is 60.3 Å². The fourth-order valence-electron chi connectivity index (χ4n) is 3.27. The third-order valence-electron chi connectivity index (χ3n) is 4.69. The molecule has 5 nitrogen and oxygen atoms in total. The quantitative estimate of drug-likeness (QED) is 0.675. The van der Waals surface area contributed by atoms with Crippen molar-refractivity contribution in [3.05, 3.63) is 71.4 Å². The Morgan fingerprint density at radius 2 is 1.77 bits per heavy atom. The van der Waals surface area contributed by atoms with Crippen LogP contribution in [0.1, 0.15) is 29.8 Å². The number of aromatic hydroxyl groups is 1. The number of phenols is 1. The molecule has 0 amide bonds. The van der Waals surface area contributed by atoms with Crippen LogP contribution in [0.2, 0.25) is 0 Å². The average molecular weight is 351 g/mol. The Bertz CT molecular complexity index is 881. The van der Waals surface area contributed by atoms with Crippen molar-refractivity contribution >= 4 is 17.4 Å². The van der Waals surface area contributed by atoms with E-state index >= 15 is 0 Å². The summed E-state index contributed by atoms with van der Waals surface area (Å²) in [4.78, 5) is 26.3. The van der Waals surface area contributed by atoms with Crippen LogP contribution in [0.4, 0.5) is 5.69 Å². The number of nitrogens with zero attached hydrogens (tertiary/aromatic N) is 1. The molecule has 1 heterocycles. The minimum Gasteiger partial charge on any atom is -0.508 e. The molecule has 134 valence electrons. The maximum Gasteiger partial charge on any atom is 0.338 e. The highest BCUT2D eigenvalue weighted by molar-refractivity contribution is 5.96. The molecule has 0 saturated heterocycles. The van der Waals surface area contributed by atoms with Gasteiger partial charge in [-0.15, -0.1) is 0 Å². The molecule has 0 saturated carbocycles. The number of esters is 1. The molecule has 1 N–H and O–H groups in total. The number of anilines is 1. The number of benzene rings is 2. The van der Waals surface area contributed by atoms with Crippen LogP contribution in [-0.4, -0.2) is 30.5 Å². The van der Waals surface area contributed by atoms with Crippen LogP contribution in [0.25, 0.3) is 0 Å². The molecule has 0 atom stereocenters. The minimum absolute atomic E-state index is 0.0634. The molecule has 26 heavy (non-hydrogen) atoms. The lowest BCUT2D eigenvalue weighted by Gasteiger charge is -2.23. The van der Waals surface area contributed by atoms with E-state index in [0.717, 1.165) is 16.9 Å². The lowest BCUT2D eigenvalue weighted by atomic mass is 9.83. The largest absolute Gasteiger partial charge is 0.508 e. The number of para-hydroxylation sites is 1. The Morgan fingerprint density at radius 3 is 2.42 bits per heavy atom. The number of phenolic OH excluding ortho intramolecular Hbond substituents is 1. The maximum absolute atomic E-state index is 12.4. The van der Waals surface area contributed by atoms with E-state index in [1.54, 1.807) is 6.08 Å². The van der Waals surface area contributed by atoms with Crippen LogP contribution in [0.3, 0.4) is 0 Å². The highest BCUT2D eigenvalue weighted by atomic mass is 16.5. The number of fused-ring (bicyclic) bond motifs is 1. The van der Waals surface area contributed by atoms with Gasteiger partial charge in [-0.25, -0.2) is 4.79 Å². The summed E-state index contributed by atoms with van der Waals surface area (Å²) in [5.41, 5.74) is 3.07. The van der Waals surface area contributed by atoms with Gasteiger partial charge in [0, 0.05) is 29.9 Å². The van der Waals surface area contributed by atoms with E-state index in [1.165, 1.54) is 24.3 Å². The first-order valence-electron chi connectivity index (χ1n) is 8.35. The number of hydrogen-bond donors (Lipinski definition) is 1. The molecule has 0 radical (unpaired) electrons. The van der Waals surface area contributed by atoms with Gasteiger partial charge in [0.05, 0.1) is 5.56 Å². The number of carbonyl (C=O) groups excluding carboxylic acids is 2. The SMILES string of the molecule is CN1C(=CC(=O)COC(=O)c2ccc(O)cc2)C(C)(C)c2ccccc21. The van der Waals surface area contributed by atoms with E-state index < -0.39 is 5.97 Å². The highest BCUT2D eigenvalue weighted by Gasteiger charge is 2.38. The Balaban J connectivity index is 1.71. The minimum atomic E-state index is -0.598. The monoisotopic (exact) mass is 351 g/mol. The van der Waals surface area contributed by atoms with Crippen LogP contribution in [0.5, 0.6) is 5.75 Å². The number of allylic oxidation sites excluding steroid dienone is 1. The summed E-state index contributed by atoms with van der Waals surface area (Å²) < 4.78 is 5.09. The van der Waals surface area contributed by atoms with Crippen molar-refractivity contribution in [3.8, 4) is 5.75 Å². The second kappa shape index (κ2) is 6.67. The highest BCUT2D eigenvalue weighted by Crippen LogP contribution is 2.46. The molecular formula is C21H21NO4. The fraction of sp³-hybridized carbons (Fsp3) is 0.238. The number of ketones is 1. The van der Waals surface area contributed by atoms with Crippen LogP contribution in [-0.2, 0) is 14.9 Å². The molecule has 0 unspecified atom stereocenters.